The molecule has 0 radical (unpaired) electrons. The summed E-state index contributed by atoms with van der Waals surface area (Å²) in [5.41, 5.74) is -1.46. The number of benzene rings is 1. The summed E-state index contributed by atoms with van der Waals surface area (Å²) in [6.07, 6.45) is 0. The molecule has 4 heteroatoms. The number of hydrogen-bond acceptors (Lipinski definition) is 1. The van der Waals surface area contributed by atoms with Crippen LogP contribution in [0, 0.1) is 11.6 Å². The van der Waals surface area contributed by atoms with Gasteiger partial charge in [0.05, 0.1) is 5.88 Å². The predicted octanol–water partition coefficient (Wildman–Crippen LogP) is 2.41. The summed E-state index contributed by atoms with van der Waals surface area (Å²) in [7, 11) is 0. The number of rotatable bonds is 2. The molecule has 1 N–H and O–H groups in total. The summed E-state index contributed by atoms with van der Waals surface area (Å²) >= 11 is 5.43. The van der Waals surface area contributed by atoms with Gasteiger partial charge in [-0.25, -0.2) is 8.78 Å². The Morgan fingerprint density at radius 1 is 1.46 bits per heavy atom. The van der Waals surface area contributed by atoms with Crippen LogP contribution in [-0.4, -0.2) is 11.0 Å². The van der Waals surface area contributed by atoms with E-state index >= 15 is 0 Å². The maximum absolute atomic E-state index is 13.1. The van der Waals surface area contributed by atoms with Crippen molar-refractivity contribution in [3.05, 3.63) is 35.4 Å². The van der Waals surface area contributed by atoms with E-state index in [4.69, 9.17) is 11.6 Å². The Morgan fingerprint density at radius 2 is 2.08 bits per heavy atom. The summed E-state index contributed by atoms with van der Waals surface area (Å²) in [6.45, 7) is 1.37. The van der Waals surface area contributed by atoms with Crippen LogP contribution in [0.25, 0.3) is 0 Å². The maximum Gasteiger partial charge on any atom is 0.132 e. The van der Waals surface area contributed by atoms with Crippen molar-refractivity contribution in [2.24, 2.45) is 0 Å². The third-order valence-corrected chi connectivity index (χ3v) is 2.29. The van der Waals surface area contributed by atoms with Crippen molar-refractivity contribution in [3.63, 3.8) is 0 Å². The molecule has 1 rings (SSSR count). The zero-order valence-electron chi connectivity index (χ0n) is 7.02. The molecule has 0 heterocycles. The second-order valence-electron chi connectivity index (χ2n) is 3.03. The molecule has 72 valence electrons. The van der Waals surface area contributed by atoms with E-state index < -0.39 is 17.2 Å². The van der Waals surface area contributed by atoms with Gasteiger partial charge in [0, 0.05) is 11.6 Å². The van der Waals surface area contributed by atoms with Crippen molar-refractivity contribution in [1.29, 1.82) is 0 Å². The van der Waals surface area contributed by atoms with Crippen LogP contribution >= 0.6 is 11.6 Å². The minimum Gasteiger partial charge on any atom is -0.384 e. The van der Waals surface area contributed by atoms with Gasteiger partial charge in [0.15, 0.2) is 0 Å². The Hall–Kier alpha value is -0.670. The van der Waals surface area contributed by atoms with Crippen molar-refractivity contribution in [2.45, 2.75) is 12.5 Å². The third-order valence-electron chi connectivity index (χ3n) is 1.77. The Morgan fingerprint density at radius 3 is 2.54 bits per heavy atom. The lowest BCUT2D eigenvalue weighted by Gasteiger charge is -2.20. The van der Waals surface area contributed by atoms with E-state index in [-0.39, 0.29) is 11.4 Å². The minimum atomic E-state index is -1.46. The fourth-order valence-corrected chi connectivity index (χ4v) is 1.14. The first-order valence-corrected chi connectivity index (χ1v) is 4.24. The summed E-state index contributed by atoms with van der Waals surface area (Å²) in [4.78, 5) is 0. The molecule has 1 atom stereocenters. The van der Waals surface area contributed by atoms with Crippen molar-refractivity contribution >= 4 is 11.6 Å². The molecule has 0 bridgehead atoms. The van der Waals surface area contributed by atoms with Gasteiger partial charge in [-0.05, 0) is 13.0 Å². The number of aliphatic hydroxyl groups is 1. The second kappa shape index (κ2) is 3.60. The summed E-state index contributed by atoms with van der Waals surface area (Å²) in [6, 6.07) is 2.99. The summed E-state index contributed by atoms with van der Waals surface area (Å²) < 4.78 is 25.6. The molecule has 0 saturated heterocycles. The highest BCUT2D eigenvalue weighted by Crippen LogP contribution is 2.24. The van der Waals surface area contributed by atoms with Gasteiger partial charge in [-0.1, -0.05) is 6.07 Å². The normalized spacial score (nSPS) is 15.5. The number of halogens is 3. The van der Waals surface area contributed by atoms with Crippen LogP contribution in [0.1, 0.15) is 12.5 Å². The van der Waals surface area contributed by atoms with Gasteiger partial charge >= 0.3 is 0 Å². The van der Waals surface area contributed by atoms with Gasteiger partial charge in [-0.3, -0.25) is 0 Å². The smallest absolute Gasteiger partial charge is 0.132 e. The van der Waals surface area contributed by atoms with E-state index in [1.54, 1.807) is 0 Å². The third kappa shape index (κ3) is 2.17. The monoisotopic (exact) mass is 206 g/mol. The highest BCUT2D eigenvalue weighted by atomic mass is 35.5. The van der Waals surface area contributed by atoms with Crippen LogP contribution in [-0.2, 0) is 5.60 Å². The predicted molar refractivity (Wildman–Crippen MR) is 46.6 cm³/mol. The van der Waals surface area contributed by atoms with Crippen LogP contribution in [0.3, 0.4) is 0 Å². The van der Waals surface area contributed by atoms with Gasteiger partial charge < -0.3 is 5.11 Å². The highest BCUT2D eigenvalue weighted by molar-refractivity contribution is 6.18. The number of alkyl halides is 1. The Labute approximate surface area is 80.0 Å². The van der Waals surface area contributed by atoms with Crippen molar-refractivity contribution in [3.8, 4) is 0 Å². The molecule has 1 aromatic carbocycles. The lowest BCUT2D eigenvalue weighted by molar-refractivity contribution is 0.0782. The molecule has 0 aliphatic carbocycles. The van der Waals surface area contributed by atoms with Crippen LogP contribution in [0.15, 0.2) is 18.2 Å². The van der Waals surface area contributed by atoms with Crippen LogP contribution < -0.4 is 0 Å². The van der Waals surface area contributed by atoms with Gasteiger partial charge in [0.1, 0.15) is 17.2 Å². The quantitative estimate of drug-likeness (QED) is 0.737. The van der Waals surface area contributed by atoms with Gasteiger partial charge in [0.25, 0.3) is 0 Å². The first-order valence-electron chi connectivity index (χ1n) is 3.71. The summed E-state index contributed by atoms with van der Waals surface area (Å²) in [5, 5.41) is 9.57. The van der Waals surface area contributed by atoms with E-state index in [1.807, 2.05) is 0 Å². The zero-order valence-corrected chi connectivity index (χ0v) is 7.78. The molecule has 0 spiro atoms. The lowest BCUT2D eigenvalue weighted by Crippen LogP contribution is -2.24. The molecular formula is C9H9ClF2O. The molecule has 13 heavy (non-hydrogen) atoms. The second-order valence-corrected chi connectivity index (χ2v) is 3.30. The molecule has 0 fully saturated rings. The number of hydrogen-bond donors (Lipinski definition) is 1. The Bertz CT molecular complexity index is 312. The average Bonchev–Trinajstić information content (AvgIpc) is 2.03. The highest BCUT2D eigenvalue weighted by Gasteiger charge is 2.25. The van der Waals surface area contributed by atoms with E-state index in [9.17, 15) is 13.9 Å². The topological polar surface area (TPSA) is 20.2 Å². The lowest BCUT2D eigenvalue weighted by atomic mass is 9.98. The van der Waals surface area contributed by atoms with Gasteiger partial charge in [-0.15, -0.1) is 11.6 Å². The van der Waals surface area contributed by atoms with E-state index in [0.29, 0.717) is 0 Å². The molecular weight excluding hydrogens is 198 g/mol. The zero-order chi connectivity index (χ0) is 10.1. The molecule has 1 aromatic rings. The molecule has 1 nitrogen and oxygen atoms in total. The first kappa shape index (κ1) is 10.4. The Kier molecular flexibility index (Phi) is 2.88. The van der Waals surface area contributed by atoms with Crippen molar-refractivity contribution < 1.29 is 13.9 Å². The first-order chi connectivity index (χ1) is 5.97. The van der Waals surface area contributed by atoms with Gasteiger partial charge in [0.2, 0.25) is 0 Å². The van der Waals surface area contributed by atoms with Crippen LogP contribution in [0.5, 0.6) is 0 Å². The van der Waals surface area contributed by atoms with Crippen molar-refractivity contribution in [2.75, 3.05) is 5.88 Å². The van der Waals surface area contributed by atoms with Crippen LogP contribution in [0.2, 0.25) is 0 Å². The standard InChI is InChI=1S/C9H9ClF2O/c1-9(13,5-10)7-3-2-6(11)4-8(7)12/h2-4,13H,5H2,1H3. The maximum atomic E-state index is 13.1. The largest absolute Gasteiger partial charge is 0.384 e. The van der Waals surface area contributed by atoms with E-state index in [0.717, 1.165) is 12.1 Å². The van der Waals surface area contributed by atoms with E-state index in [1.165, 1.54) is 13.0 Å². The van der Waals surface area contributed by atoms with Gasteiger partial charge in [-0.2, -0.15) is 0 Å². The van der Waals surface area contributed by atoms with E-state index in [2.05, 4.69) is 0 Å². The molecule has 0 aromatic heterocycles. The molecule has 1 unspecified atom stereocenters. The SMILES string of the molecule is CC(O)(CCl)c1ccc(F)cc1F. The molecule has 0 amide bonds. The summed E-state index contributed by atoms with van der Waals surface area (Å²) in [5.74, 6) is -1.60. The fourth-order valence-electron chi connectivity index (χ4n) is 0.998. The fraction of sp³-hybridized carbons (Fsp3) is 0.333. The molecule has 0 saturated carbocycles. The molecule has 0 aliphatic rings. The molecule has 0 aliphatic heterocycles. The Balaban J connectivity index is 3.16. The minimum absolute atomic E-state index is 0.00361. The van der Waals surface area contributed by atoms with Crippen LogP contribution in [0.4, 0.5) is 8.78 Å². The van der Waals surface area contributed by atoms with Crippen molar-refractivity contribution in [1.82, 2.24) is 0 Å². The average molecular weight is 207 g/mol.